The van der Waals surface area contributed by atoms with Gasteiger partial charge in [0.05, 0.1) is 12.1 Å². The summed E-state index contributed by atoms with van der Waals surface area (Å²) < 4.78 is 7.56. The monoisotopic (exact) mass is 225 g/mol. The molecule has 16 heavy (non-hydrogen) atoms. The normalized spacial score (nSPS) is 15.0. The van der Waals surface area contributed by atoms with Gasteiger partial charge in [-0.15, -0.1) is 0 Å². The van der Waals surface area contributed by atoms with Crippen LogP contribution >= 0.6 is 0 Å². The molecule has 1 N–H and O–H groups in total. The van der Waals surface area contributed by atoms with Crippen LogP contribution in [0.5, 0.6) is 0 Å². The molecule has 0 radical (unpaired) electrons. The molecule has 4 heteroatoms. The Labute approximate surface area is 98.0 Å². The van der Waals surface area contributed by atoms with Crippen molar-refractivity contribution in [3.05, 3.63) is 18.2 Å². The molecule has 0 aliphatic rings. The first kappa shape index (κ1) is 13.2. The lowest BCUT2D eigenvalue weighted by Crippen LogP contribution is -2.31. The van der Waals surface area contributed by atoms with E-state index in [4.69, 9.17) is 4.74 Å². The van der Waals surface area contributed by atoms with Gasteiger partial charge in [0.1, 0.15) is 5.82 Å². The molecular weight excluding hydrogens is 202 g/mol. The predicted molar refractivity (Wildman–Crippen MR) is 65.3 cm³/mol. The van der Waals surface area contributed by atoms with Gasteiger partial charge in [-0.05, 0) is 20.3 Å². The van der Waals surface area contributed by atoms with Crippen molar-refractivity contribution in [1.82, 2.24) is 14.9 Å². The van der Waals surface area contributed by atoms with Gasteiger partial charge in [0.25, 0.3) is 0 Å². The first-order valence-electron chi connectivity index (χ1n) is 6.01. The third-order valence-electron chi connectivity index (χ3n) is 2.68. The summed E-state index contributed by atoms with van der Waals surface area (Å²) in [6.07, 6.45) is 5.10. The second-order valence-electron chi connectivity index (χ2n) is 4.03. The summed E-state index contributed by atoms with van der Waals surface area (Å²) in [4.78, 5) is 4.37. The average Bonchev–Trinajstić information content (AvgIpc) is 2.66. The Morgan fingerprint density at radius 2 is 2.25 bits per heavy atom. The molecule has 0 saturated carbocycles. The van der Waals surface area contributed by atoms with E-state index in [9.17, 15) is 0 Å². The lowest BCUT2D eigenvalue weighted by atomic mass is 10.2. The Morgan fingerprint density at radius 3 is 2.75 bits per heavy atom. The van der Waals surface area contributed by atoms with Crippen molar-refractivity contribution in [2.24, 2.45) is 7.05 Å². The fraction of sp³-hybridized carbons (Fsp3) is 0.750. The zero-order valence-corrected chi connectivity index (χ0v) is 10.7. The molecule has 0 amide bonds. The molecule has 0 aromatic carbocycles. The number of imidazole rings is 1. The van der Waals surface area contributed by atoms with E-state index in [1.165, 1.54) is 0 Å². The zero-order valence-electron chi connectivity index (χ0n) is 10.7. The van der Waals surface area contributed by atoms with Gasteiger partial charge in [0.2, 0.25) is 0 Å². The highest BCUT2D eigenvalue weighted by Gasteiger charge is 2.14. The highest BCUT2D eigenvalue weighted by atomic mass is 16.5. The van der Waals surface area contributed by atoms with Crippen molar-refractivity contribution in [2.75, 3.05) is 13.2 Å². The number of hydrogen-bond acceptors (Lipinski definition) is 3. The Morgan fingerprint density at radius 1 is 1.50 bits per heavy atom. The number of aryl methyl sites for hydroxylation is 1. The minimum absolute atomic E-state index is 0.249. The topological polar surface area (TPSA) is 39.1 Å². The van der Waals surface area contributed by atoms with Gasteiger partial charge in [-0.25, -0.2) is 4.98 Å². The smallest absolute Gasteiger partial charge is 0.125 e. The van der Waals surface area contributed by atoms with E-state index in [1.54, 1.807) is 0 Å². The standard InChI is InChI=1S/C12H23N3O/c1-5-11(12-13-7-8-15(12)4)14-9-10(3)16-6-2/h7-8,10-11,14H,5-6,9H2,1-4H3. The number of aromatic nitrogens is 2. The molecule has 0 fully saturated rings. The Bertz CT molecular complexity index is 298. The summed E-state index contributed by atoms with van der Waals surface area (Å²) in [5, 5.41) is 3.49. The summed E-state index contributed by atoms with van der Waals surface area (Å²) in [7, 11) is 2.03. The van der Waals surface area contributed by atoms with E-state index < -0.39 is 0 Å². The molecule has 0 aliphatic carbocycles. The van der Waals surface area contributed by atoms with E-state index in [-0.39, 0.29) is 6.10 Å². The van der Waals surface area contributed by atoms with Gasteiger partial charge in [0, 0.05) is 32.6 Å². The molecule has 2 atom stereocenters. The molecule has 1 aromatic heterocycles. The molecule has 1 heterocycles. The number of nitrogens with one attached hydrogen (secondary N) is 1. The van der Waals surface area contributed by atoms with Gasteiger partial charge in [0.15, 0.2) is 0 Å². The van der Waals surface area contributed by atoms with Gasteiger partial charge in [-0.2, -0.15) is 0 Å². The number of nitrogens with zero attached hydrogens (tertiary/aromatic N) is 2. The molecule has 4 nitrogen and oxygen atoms in total. The van der Waals surface area contributed by atoms with Crippen LogP contribution in [0.15, 0.2) is 12.4 Å². The van der Waals surface area contributed by atoms with Crippen LogP contribution in [0.3, 0.4) is 0 Å². The maximum atomic E-state index is 5.49. The predicted octanol–water partition coefficient (Wildman–Crippen LogP) is 1.89. The number of rotatable bonds is 7. The van der Waals surface area contributed by atoms with E-state index in [1.807, 2.05) is 26.4 Å². The lowest BCUT2D eigenvalue weighted by molar-refractivity contribution is 0.0735. The lowest BCUT2D eigenvalue weighted by Gasteiger charge is -2.19. The molecule has 92 valence electrons. The van der Waals surface area contributed by atoms with E-state index in [2.05, 4.69) is 28.7 Å². The van der Waals surface area contributed by atoms with E-state index in [0.717, 1.165) is 25.4 Å². The molecule has 0 aliphatic heterocycles. The number of hydrogen-bond donors (Lipinski definition) is 1. The van der Waals surface area contributed by atoms with Gasteiger partial charge >= 0.3 is 0 Å². The third-order valence-corrected chi connectivity index (χ3v) is 2.68. The van der Waals surface area contributed by atoms with Gasteiger partial charge < -0.3 is 14.6 Å². The first-order chi connectivity index (χ1) is 7.69. The van der Waals surface area contributed by atoms with Crippen LogP contribution in [0.1, 0.15) is 39.1 Å². The third kappa shape index (κ3) is 3.61. The maximum absolute atomic E-state index is 5.49. The molecule has 0 bridgehead atoms. The van der Waals surface area contributed by atoms with Crippen LogP contribution < -0.4 is 5.32 Å². The largest absolute Gasteiger partial charge is 0.377 e. The van der Waals surface area contributed by atoms with Crippen LogP contribution in [-0.4, -0.2) is 28.8 Å². The minimum atomic E-state index is 0.249. The van der Waals surface area contributed by atoms with Crippen LogP contribution in [0.2, 0.25) is 0 Å². The van der Waals surface area contributed by atoms with Crippen molar-refractivity contribution in [3.8, 4) is 0 Å². The van der Waals surface area contributed by atoms with Gasteiger partial charge in [-0.3, -0.25) is 0 Å². The molecule has 1 rings (SSSR count). The summed E-state index contributed by atoms with van der Waals surface area (Å²) in [5.74, 6) is 1.09. The summed E-state index contributed by atoms with van der Waals surface area (Å²) >= 11 is 0. The van der Waals surface area contributed by atoms with E-state index in [0.29, 0.717) is 6.04 Å². The Balaban J connectivity index is 2.47. The van der Waals surface area contributed by atoms with Crippen molar-refractivity contribution in [1.29, 1.82) is 0 Å². The maximum Gasteiger partial charge on any atom is 0.125 e. The van der Waals surface area contributed by atoms with Crippen LogP contribution in [0.25, 0.3) is 0 Å². The Hall–Kier alpha value is -0.870. The minimum Gasteiger partial charge on any atom is -0.377 e. The number of ether oxygens (including phenoxy) is 1. The molecular formula is C12H23N3O. The highest BCUT2D eigenvalue weighted by molar-refractivity contribution is 4.98. The van der Waals surface area contributed by atoms with Crippen molar-refractivity contribution in [2.45, 2.75) is 39.3 Å². The second kappa shape index (κ2) is 6.66. The summed E-state index contributed by atoms with van der Waals surface area (Å²) in [5.41, 5.74) is 0. The van der Waals surface area contributed by atoms with Crippen LogP contribution in [0.4, 0.5) is 0 Å². The SMILES string of the molecule is CCOC(C)CNC(CC)c1nccn1C. The fourth-order valence-electron chi connectivity index (χ4n) is 1.78. The molecule has 0 spiro atoms. The Kier molecular flexibility index (Phi) is 5.49. The second-order valence-corrected chi connectivity index (χ2v) is 4.03. The summed E-state index contributed by atoms with van der Waals surface area (Å²) in [6, 6.07) is 0.308. The van der Waals surface area contributed by atoms with Crippen molar-refractivity contribution >= 4 is 0 Å². The summed E-state index contributed by atoms with van der Waals surface area (Å²) in [6.45, 7) is 7.90. The fourth-order valence-corrected chi connectivity index (χ4v) is 1.78. The molecule has 1 aromatic rings. The van der Waals surface area contributed by atoms with Crippen LogP contribution in [-0.2, 0) is 11.8 Å². The average molecular weight is 225 g/mol. The molecule has 2 unspecified atom stereocenters. The van der Waals surface area contributed by atoms with Crippen molar-refractivity contribution < 1.29 is 4.74 Å². The molecule has 0 saturated heterocycles. The quantitative estimate of drug-likeness (QED) is 0.770. The van der Waals surface area contributed by atoms with Crippen LogP contribution in [0, 0.1) is 0 Å². The first-order valence-corrected chi connectivity index (χ1v) is 6.01. The zero-order chi connectivity index (χ0) is 12.0. The van der Waals surface area contributed by atoms with E-state index >= 15 is 0 Å². The van der Waals surface area contributed by atoms with Gasteiger partial charge in [-0.1, -0.05) is 6.92 Å². The van der Waals surface area contributed by atoms with Crippen molar-refractivity contribution in [3.63, 3.8) is 0 Å². The highest BCUT2D eigenvalue weighted by Crippen LogP contribution is 2.13.